The molecule has 2 aliphatic rings. The van der Waals surface area contributed by atoms with Crippen LogP contribution in [0.5, 0.6) is 0 Å². The summed E-state index contributed by atoms with van der Waals surface area (Å²) in [5.41, 5.74) is 1.10. The molecular formula is C19H17ClN4O3S2. The second-order valence-corrected chi connectivity index (χ2v) is 9.39. The van der Waals surface area contributed by atoms with E-state index in [1.165, 1.54) is 23.1 Å². The summed E-state index contributed by atoms with van der Waals surface area (Å²) in [6, 6.07) is 7.54. The average Bonchev–Trinajstić information content (AvgIpc) is 3.26. The van der Waals surface area contributed by atoms with Crippen LogP contribution in [-0.4, -0.2) is 39.4 Å². The van der Waals surface area contributed by atoms with Crippen molar-refractivity contribution < 1.29 is 14.4 Å². The molecule has 1 saturated heterocycles. The van der Waals surface area contributed by atoms with Crippen LogP contribution >= 0.6 is 34.7 Å². The summed E-state index contributed by atoms with van der Waals surface area (Å²) in [6.07, 6.45) is 4.94. The molecule has 10 heteroatoms. The molecule has 0 spiro atoms. The predicted octanol–water partition coefficient (Wildman–Crippen LogP) is 3.37. The fraction of sp³-hybridized carbons (Fsp3) is 0.316. The maximum absolute atomic E-state index is 12.4. The van der Waals surface area contributed by atoms with Crippen molar-refractivity contribution in [2.75, 3.05) is 11.9 Å². The molecule has 0 saturated carbocycles. The van der Waals surface area contributed by atoms with Crippen LogP contribution in [0.2, 0.25) is 5.02 Å². The number of nitrogens with zero attached hydrogens (tertiary/aromatic N) is 3. The number of aromatic nitrogens is 2. The van der Waals surface area contributed by atoms with Gasteiger partial charge in [-0.1, -0.05) is 59.0 Å². The first kappa shape index (κ1) is 20.1. The average molecular weight is 449 g/mol. The van der Waals surface area contributed by atoms with Crippen molar-refractivity contribution in [2.45, 2.75) is 22.9 Å². The normalized spacial score (nSPS) is 20.8. The molecule has 7 nitrogen and oxygen atoms in total. The van der Waals surface area contributed by atoms with E-state index in [1.54, 1.807) is 0 Å². The Morgan fingerprint density at radius 3 is 2.45 bits per heavy atom. The largest absolute Gasteiger partial charge is 0.299 e. The number of carbonyl (C=O) groups excluding carboxylic acids is 3. The molecule has 1 N–H and O–H groups in total. The molecule has 150 valence electrons. The molecule has 0 unspecified atom stereocenters. The summed E-state index contributed by atoms with van der Waals surface area (Å²) in [6.45, 7) is -0.294. The highest BCUT2D eigenvalue weighted by molar-refractivity contribution is 8.00. The van der Waals surface area contributed by atoms with E-state index in [-0.39, 0.29) is 30.2 Å². The Bertz CT molecular complexity index is 950. The van der Waals surface area contributed by atoms with Crippen LogP contribution in [-0.2, 0) is 20.1 Å². The first-order valence-corrected chi connectivity index (χ1v) is 11.2. The molecule has 0 radical (unpaired) electrons. The van der Waals surface area contributed by atoms with Gasteiger partial charge in [-0.05, 0) is 30.5 Å². The van der Waals surface area contributed by atoms with Crippen LogP contribution in [0.25, 0.3) is 0 Å². The quantitative estimate of drug-likeness (QED) is 0.315. The molecule has 1 aromatic heterocycles. The van der Waals surface area contributed by atoms with Crippen LogP contribution in [0.15, 0.2) is 40.8 Å². The van der Waals surface area contributed by atoms with Gasteiger partial charge in [-0.25, -0.2) is 0 Å². The summed E-state index contributed by atoms with van der Waals surface area (Å²) in [4.78, 5) is 38.3. The Labute approximate surface area is 180 Å². The van der Waals surface area contributed by atoms with Crippen molar-refractivity contribution >= 4 is 57.6 Å². The number of allylic oxidation sites excluding steroid dienone is 2. The van der Waals surface area contributed by atoms with Crippen LogP contribution in [0.4, 0.5) is 5.13 Å². The first-order chi connectivity index (χ1) is 14.0. The van der Waals surface area contributed by atoms with Crippen molar-refractivity contribution in [3.05, 3.63) is 47.0 Å². The standard InChI is InChI=1S/C19H17ClN4O3S2/c20-12-7-5-11(6-8-12)10-28-19-23-22-18(29-19)21-15(25)9-24-16(26)13-3-1-2-4-14(13)17(24)27/h1-2,5-8,13-14H,3-4,9-10H2,(H,21,22,25)/t13-,14+. The second-order valence-electron chi connectivity index (χ2n) is 6.75. The maximum Gasteiger partial charge on any atom is 0.246 e. The Morgan fingerprint density at radius 1 is 1.14 bits per heavy atom. The highest BCUT2D eigenvalue weighted by Crippen LogP contribution is 2.35. The van der Waals surface area contributed by atoms with E-state index < -0.39 is 5.91 Å². The zero-order chi connectivity index (χ0) is 20.4. The number of imide groups is 1. The molecule has 2 heterocycles. The van der Waals surface area contributed by atoms with Crippen molar-refractivity contribution in [2.24, 2.45) is 11.8 Å². The zero-order valence-electron chi connectivity index (χ0n) is 15.2. The Kier molecular flexibility index (Phi) is 5.98. The van der Waals surface area contributed by atoms with Crippen molar-refractivity contribution in [3.8, 4) is 0 Å². The van der Waals surface area contributed by atoms with E-state index in [9.17, 15) is 14.4 Å². The predicted molar refractivity (Wildman–Crippen MR) is 112 cm³/mol. The number of fused-ring (bicyclic) bond motifs is 1. The molecule has 2 atom stereocenters. The molecule has 2 aromatic rings. The van der Waals surface area contributed by atoms with Gasteiger partial charge in [0.05, 0.1) is 11.8 Å². The number of hydrogen-bond donors (Lipinski definition) is 1. The van der Waals surface area contributed by atoms with Crippen LogP contribution in [0.3, 0.4) is 0 Å². The summed E-state index contributed by atoms with van der Waals surface area (Å²) in [7, 11) is 0. The lowest BCUT2D eigenvalue weighted by molar-refractivity contribution is -0.142. The van der Waals surface area contributed by atoms with Crippen LogP contribution in [0, 0.1) is 11.8 Å². The Morgan fingerprint density at radius 2 is 1.79 bits per heavy atom. The van der Waals surface area contributed by atoms with Gasteiger partial charge in [0.25, 0.3) is 0 Å². The number of rotatable bonds is 6. The molecule has 3 amide bonds. The fourth-order valence-corrected chi connectivity index (χ4v) is 5.22. The number of hydrogen-bond acceptors (Lipinski definition) is 7. The minimum Gasteiger partial charge on any atom is -0.299 e. The van der Waals surface area contributed by atoms with Crippen molar-refractivity contribution in [1.82, 2.24) is 15.1 Å². The van der Waals surface area contributed by atoms with Crippen LogP contribution in [0.1, 0.15) is 18.4 Å². The summed E-state index contributed by atoms with van der Waals surface area (Å²) >= 11 is 8.63. The molecule has 0 bridgehead atoms. The number of carbonyl (C=O) groups is 3. The lowest BCUT2D eigenvalue weighted by Gasteiger charge is -2.14. The third-order valence-electron chi connectivity index (χ3n) is 4.83. The lowest BCUT2D eigenvalue weighted by atomic mass is 9.85. The molecule has 1 fully saturated rings. The number of anilines is 1. The topological polar surface area (TPSA) is 92.3 Å². The summed E-state index contributed by atoms with van der Waals surface area (Å²) < 4.78 is 0.709. The smallest absolute Gasteiger partial charge is 0.246 e. The number of benzene rings is 1. The molecule has 29 heavy (non-hydrogen) atoms. The minimum absolute atomic E-state index is 0.268. The lowest BCUT2D eigenvalue weighted by Crippen LogP contribution is -2.38. The molecular weight excluding hydrogens is 432 g/mol. The van der Waals surface area contributed by atoms with Gasteiger partial charge in [-0.15, -0.1) is 10.2 Å². The van der Waals surface area contributed by atoms with Gasteiger partial charge >= 0.3 is 0 Å². The fourth-order valence-electron chi connectivity index (χ4n) is 3.37. The SMILES string of the molecule is O=C(CN1C(=O)[C@H]2CC=CC[C@H]2C1=O)Nc1nnc(SCc2ccc(Cl)cc2)s1. The third kappa shape index (κ3) is 4.52. The second kappa shape index (κ2) is 8.64. The van der Waals surface area contributed by atoms with Gasteiger partial charge in [0.15, 0.2) is 4.34 Å². The minimum atomic E-state index is -0.455. The number of thioether (sulfide) groups is 1. The first-order valence-electron chi connectivity index (χ1n) is 9.02. The van der Waals surface area contributed by atoms with E-state index in [0.29, 0.717) is 33.1 Å². The number of amides is 3. The van der Waals surface area contributed by atoms with Crippen LogP contribution < -0.4 is 5.32 Å². The van der Waals surface area contributed by atoms with Gasteiger partial charge < -0.3 is 0 Å². The number of nitrogens with one attached hydrogen (secondary N) is 1. The van der Waals surface area contributed by atoms with E-state index in [4.69, 9.17) is 11.6 Å². The van der Waals surface area contributed by atoms with E-state index in [1.807, 2.05) is 36.4 Å². The maximum atomic E-state index is 12.4. The summed E-state index contributed by atoms with van der Waals surface area (Å²) in [5, 5.41) is 11.7. The summed E-state index contributed by atoms with van der Waals surface area (Å²) in [5.74, 6) is -0.959. The molecule has 4 rings (SSSR count). The van der Waals surface area contributed by atoms with E-state index >= 15 is 0 Å². The van der Waals surface area contributed by atoms with E-state index in [0.717, 1.165) is 10.5 Å². The molecule has 1 aromatic carbocycles. The van der Waals surface area contributed by atoms with Gasteiger partial charge in [-0.3, -0.25) is 24.6 Å². The van der Waals surface area contributed by atoms with E-state index in [2.05, 4.69) is 15.5 Å². The highest BCUT2D eigenvalue weighted by Gasteiger charge is 2.47. The van der Waals surface area contributed by atoms with Gasteiger partial charge in [0, 0.05) is 10.8 Å². The molecule has 1 aliphatic carbocycles. The van der Waals surface area contributed by atoms with Gasteiger partial charge in [0.2, 0.25) is 22.9 Å². The van der Waals surface area contributed by atoms with Gasteiger partial charge in [-0.2, -0.15) is 0 Å². The Hall–Kier alpha value is -2.23. The third-order valence-corrected chi connectivity index (χ3v) is 7.12. The Balaban J connectivity index is 1.31. The highest BCUT2D eigenvalue weighted by atomic mass is 35.5. The van der Waals surface area contributed by atoms with Crippen molar-refractivity contribution in [3.63, 3.8) is 0 Å². The number of halogens is 1. The van der Waals surface area contributed by atoms with Crippen molar-refractivity contribution in [1.29, 1.82) is 0 Å². The monoisotopic (exact) mass is 448 g/mol. The van der Waals surface area contributed by atoms with Gasteiger partial charge in [0.1, 0.15) is 6.54 Å². The zero-order valence-corrected chi connectivity index (χ0v) is 17.6. The molecule has 1 aliphatic heterocycles. The number of likely N-dealkylation sites (tertiary alicyclic amines) is 1.